The van der Waals surface area contributed by atoms with Crippen LogP contribution < -0.4 is 14.8 Å². The van der Waals surface area contributed by atoms with Gasteiger partial charge in [0.25, 0.3) is 5.69 Å². The summed E-state index contributed by atoms with van der Waals surface area (Å²) in [6, 6.07) is 2.69. The van der Waals surface area contributed by atoms with Crippen LogP contribution in [0.4, 0.5) is 10.5 Å². The highest BCUT2D eigenvalue weighted by Crippen LogP contribution is 2.54. The lowest BCUT2D eigenvalue weighted by molar-refractivity contribution is -0.386. The zero-order valence-corrected chi connectivity index (χ0v) is 23.9. The first kappa shape index (κ1) is 31.7. The number of benzene rings is 1. The zero-order valence-electron chi connectivity index (χ0n) is 23.0. The molecule has 0 aliphatic heterocycles. The van der Waals surface area contributed by atoms with Gasteiger partial charge in [0, 0.05) is 6.54 Å². The third kappa shape index (κ3) is 10.3. The normalized spacial score (nSPS) is 13.3. The first-order valence-corrected chi connectivity index (χ1v) is 13.5. The minimum Gasteiger partial charge on any atom is -0.493 e. The molecule has 1 rings (SSSR count). The Hall–Kier alpha value is -2.36. The molecule has 0 heterocycles. The highest BCUT2D eigenvalue weighted by atomic mass is 31.2. The van der Waals surface area contributed by atoms with Gasteiger partial charge in [-0.05, 0) is 59.9 Å². The zero-order chi connectivity index (χ0) is 27.9. The quantitative estimate of drug-likeness (QED) is 0.143. The van der Waals surface area contributed by atoms with Gasteiger partial charge in [-0.1, -0.05) is 13.8 Å². The number of hydrogen-bond acceptors (Lipinski definition) is 9. The SMILES string of the molecule is COc1cc(C(OC(=O)NCCCP(=O)(OC(C)(C)C)OC(C)(C)C)C(C)C)c([N+](=O)[O-])cc1OC. The third-order valence-electron chi connectivity index (χ3n) is 4.58. The summed E-state index contributed by atoms with van der Waals surface area (Å²) < 4.78 is 40.8. The molecule has 0 fully saturated rings. The molecule has 0 aliphatic rings. The molecule has 1 atom stereocenters. The summed E-state index contributed by atoms with van der Waals surface area (Å²) >= 11 is 0. The van der Waals surface area contributed by atoms with Gasteiger partial charge in [-0.15, -0.1) is 0 Å². The highest BCUT2D eigenvalue weighted by Gasteiger charge is 2.35. The molecule has 1 amide bonds. The van der Waals surface area contributed by atoms with Crippen LogP contribution in [0.15, 0.2) is 12.1 Å². The number of carbonyl (C=O) groups excluding carboxylic acids is 1. The van der Waals surface area contributed by atoms with Crippen LogP contribution in [0, 0.1) is 16.0 Å². The molecule has 11 nitrogen and oxygen atoms in total. The highest BCUT2D eigenvalue weighted by molar-refractivity contribution is 7.53. The largest absolute Gasteiger partial charge is 0.493 e. The van der Waals surface area contributed by atoms with E-state index in [-0.39, 0.29) is 41.4 Å². The molecule has 0 saturated heterocycles. The number of nitro groups is 1. The molecule has 0 spiro atoms. The van der Waals surface area contributed by atoms with E-state index in [1.54, 1.807) is 55.4 Å². The fraction of sp³-hybridized carbons (Fsp3) is 0.708. The second kappa shape index (κ2) is 12.7. The first-order valence-electron chi connectivity index (χ1n) is 11.8. The van der Waals surface area contributed by atoms with E-state index in [9.17, 15) is 19.5 Å². The van der Waals surface area contributed by atoms with Gasteiger partial charge < -0.3 is 28.6 Å². The fourth-order valence-corrected chi connectivity index (χ4v) is 5.83. The minimum absolute atomic E-state index is 0.0938. The summed E-state index contributed by atoms with van der Waals surface area (Å²) in [5.74, 6) is 0.189. The molecule has 0 radical (unpaired) electrons. The standard InChI is InChI=1S/C24H41N2O9P/c1-16(2)21(17-14-19(31-9)20(32-10)15-18(17)26(28)29)33-22(27)25-12-11-13-36(30,34-23(3,4)5)35-24(6,7)8/h14-16,21H,11-13H2,1-10H3,(H,25,27). The predicted octanol–water partition coefficient (Wildman–Crippen LogP) is 6.25. The summed E-state index contributed by atoms with van der Waals surface area (Å²) in [6.45, 7) is 14.5. The summed E-state index contributed by atoms with van der Waals surface area (Å²) in [4.78, 5) is 23.7. The van der Waals surface area contributed by atoms with Gasteiger partial charge in [0.05, 0.1) is 48.1 Å². The molecule has 0 bridgehead atoms. The number of nitro benzene ring substituents is 1. The van der Waals surface area contributed by atoms with Crippen LogP contribution in [0.25, 0.3) is 0 Å². The lowest BCUT2D eigenvalue weighted by atomic mass is 9.96. The second-order valence-electron chi connectivity index (χ2n) is 10.6. The topological polar surface area (TPSA) is 135 Å². The molecule has 1 unspecified atom stereocenters. The minimum atomic E-state index is -3.44. The monoisotopic (exact) mass is 532 g/mol. The van der Waals surface area contributed by atoms with Crippen molar-refractivity contribution in [3.05, 3.63) is 27.8 Å². The number of carbonyl (C=O) groups is 1. The van der Waals surface area contributed by atoms with E-state index in [1.807, 2.05) is 0 Å². The lowest BCUT2D eigenvalue weighted by Gasteiger charge is -2.32. The predicted molar refractivity (Wildman–Crippen MR) is 137 cm³/mol. The molecule has 36 heavy (non-hydrogen) atoms. The van der Waals surface area contributed by atoms with Gasteiger partial charge in [0.2, 0.25) is 0 Å². The Bertz CT molecular complexity index is 932. The van der Waals surface area contributed by atoms with Crippen LogP contribution in [-0.2, 0) is 18.3 Å². The summed E-state index contributed by atoms with van der Waals surface area (Å²) in [6.07, 6.45) is -1.29. The molecule has 0 saturated carbocycles. The van der Waals surface area contributed by atoms with E-state index in [2.05, 4.69) is 5.32 Å². The maximum absolute atomic E-state index is 13.3. The average Bonchev–Trinajstić information content (AvgIpc) is 2.71. The van der Waals surface area contributed by atoms with Gasteiger partial charge in [0.15, 0.2) is 11.5 Å². The van der Waals surface area contributed by atoms with Crippen molar-refractivity contribution in [1.82, 2.24) is 5.32 Å². The fourth-order valence-electron chi connectivity index (χ4n) is 3.39. The van der Waals surface area contributed by atoms with Gasteiger partial charge in [-0.25, -0.2) is 4.79 Å². The molecule has 206 valence electrons. The Morgan fingerprint density at radius 2 is 1.53 bits per heavy atom. The van der Waals surface area contributed by atoms with Crippen molar-refractivity contribution in [2.45, 2.75) is 79.1 Å². The van der Waals surface area contributed by atoms with E-state index in [0.717, 1.165) is 0 Å². The summed E-state index contributed by atoms with van der Waals surface area (Å²) in [7, 11) is -0.649. The number of nitrogens with zero attached hydrogens (tertiary/aromatic N) is 1. The summed E-state index contributed by atoms with van der Waals surface area (Å²) in [5, 5.41) is 14.3. The summed E-state index contributed by atoms with van der Waals surface area (Å²) in [5.41, 5.74) is -1.42. The maximum atomic E-state index is 13.3. The van der Waals surface area contributed by atoms with Crippen LogP contribution in [0.3, 0.4) is 0 Å². The molecule has 1 aromatic carbocycles. The number of alkyl carbamates (subject to hydrolysis) is 1. The Balaban J connectivity index is 2.95. The molecular weight excluding hydrogens is 491 g/mol. The lowest BCUT2D eigenvalue weighted by Crippen LogP contribution is -2.30. The number of ether oxygens (including phenoxy) is 3. The number of hydrogen-bond donors (Lipinski definition) is 1. The van der Waals surface area contributed by atoms with Crippen LogP contribution in [0.5, 0.6) is 11.5 Å². The Labute approximate surface area is 213 Å². The molecule has 0 aromatic heterocycles. The van der Waals surface area contributed by atoms with Crippen molar-refractivity contribution in [2.75, 3.05) is 26.9 Å². The van der Waals surface area contributed by atoms with Crippen molar-refractivity contribution in [1.29, 1.82) is 0 Å². The molecule has 12 heteroatoms. The van der Waals surface area contributed by atoms with Crippen LogP contribution in [-0.4, -0.2) is 49.1 Å². The van der Waals surface area contributed by atoms with E-state index < -0.39 is 35.9 Å². The smallest absolute Gasteiger partial charge is 0.407 e. The van der Waals surface area contributed by atoms with Crippen molar-refractivity contribution in [3.63, 3.8) is 0 Å². The third-order valence-corrected chi connectivity index (χ3v) is 7.10. The van der Waals surface area contributed by atoms with E-state index >= 15 is 0 Å². The van der Waals surface area contributed by atoms with Crippen molar-refractivity contribution < 1.29 is 37.5 Å². The number of nitrogens with one attached hydrogen (secondary N) is 1. The Morgan fingerprint density at radius 1 is 1.03 bits per heavy atom. The van der Waals surface area contributed by atoms with Crippen LogP contribution >= 0.6 is 7.60 Å². The van der Waals surface area contributed by atoms with E-state index in [4.69, 9.17) is 23.3 Å². The maximum Gasteiger partial charge on any atom is 0.407 e. The number of amides is 1. The van der Waals surface area contributed by atoms with E-state index in [0.29, 0.717) is 6.42 Å². The Morgan fingerprint density at radius 3 is 1.94 bits per heavy atom. The van der Waals surface area contributed by atoms with Crippen molar-refractivity contribution >= 4 is 19.4 Å². The van der Waals surface area contributed by atoms with E-state index in [1.165, 1.54) is 26.4 Å². The van der Waals surface area contributed by atoms with Gasteiger partial charge in [-0.3, -0.25) is 14.7 Å². The molecule has 1 aromatic rings. The number of methoxy groups -OCH3 is 2. The van der Waals surface area contributed by atoms with Gasteiger partial charge in [0.1, 0.15) is 6.10 Å². The Kier molecular flexibility index (Phi) is 11.2. The first-order chi connectivity index (χ1) is 16.4. The van der Waals surface area contributed by atoms with Crippen molar-refractivity contribution in [3.8, 4) is 11.5 Å². The van der Waals surface area contributed by atoms with Crippen molar-refractivity contribution in [2.24, 2.45) is 5.92 Å². The molecular formula is C24H41N2O9P. The molecule has 1 N–H and O–H groups in total. The number of rotatable bonds is 12. The average molecular weight is 533 g/mol. The second-order valence-corrected chi connectivity index (χ2v) is 12.6. The molecule has 0 aliphatic carbocycles. The van der Waals surface area contributed by atoms with Gasteiger partial charge >= 0.3 is 13.7 Å². The van der Waals surface area contributed by atoms with Gasteiger partial charge in [-0.2, -0.15) is 0 Å². The van der Waals surface area contributed by atoms with Crippen LogP contribution in [0.1, 0.15) is 73.5 Å². The van der Waals surface area contributed by atoms with Crippen LogP contribution in [0.2, 0.25) is 0 Å².